The first-order chi connectivity index (χ1) is 15.2. The highest BCUT2D eigenvalue weighted by Gasteiger charge is 2.36. The number of carbonyl (C=O) groups excluding carboxylic acids is 1. The Hall–Kier alpha value is -3.03. The maximum absolute atomic E-state index is 13.3. The van der Waals surface area contributed by atoms with Gasteiger partial charge in [0.2, 0.25) is 5.91 Å². The number of aromatic nitrogens is 1. The van der Waals surface area contributed by atoms with Gasteiger partial charge in [-0.2, -0.15) is 0 Å². The van der Waals surface area contributed by atoms with Crippen molar-refractivity contribution in [2.45, 2.75) is 31.3 Å². The van der Waals surface area contributed by atoms with E-state index in [0.717, 1.165) is 47.5 Å². The van der Waals surface area contributed by atoms with Gasteiger partial charge in [0, 0.05) is 23.1 Å². The molecular formula is C24H28N4O3. The van der Waals surface area contributed by atoms with Gasteiger partial charge < -0.3 is 19.8 Å². The first-order valence-electron chi connectivity index (χ1n) is 10.8. The van der Waals surface area contributed by atoms with Crippen LogP contribution in [0.4, 0.5) is 0 Å². The molecule has 1 saturated heterocycles. The van der Waals surface area contributed by atoms with Gasteiger partial charge in [-0.3, -0.25) is 10.2 Å². The molecule has 5 rings (SSSR count). The summed E-state index contributed by atoms with van der Waals surface area (Å²) < 4.78 is 10.7. The van der Waals surface area contributed by atoms with E-state index >= 15 is 0 Å². The summed E-state index contributed by atoms with van der Waals surface area (Å²) in [5.74, 6) is 1.53. The molecule has 3 atom stereocenters. The molecule has 3 unspecified atom stereocenters. The van der Waals surface area contributed by atoms with Crippen LogP contribution in [0.15, 0.2) is 42.5 Å². The number of nitrogens with one attached hydrogen (secondary N) is 4. The molecule has 0 spiro atoms. The molecule has 7 heteroatoms. The number of aryl methyl sites for hydroxylation is 1. The van der Waals surface area contributed by atoms with Gasteiger partial charge in [-0.05, 0) is 60.7 Å². The second kappa shape index (κ2) is 8.24. The van der Waals surface area contributed by atoms with Crippen LogP contribution >= 0.6 is 0 Å². The zero-order valence-corrected chi connectivity index (χ0v) is 17.8. The highest BCUT2D eigenvalue weighted by Crippen LogP contribution is 2.37. The van der Waals surface area contributed by atoms with E-state index in [1.165, 1.54) is 10.9 Å². The van der Waals surface area contributed by atoms with Crippen molar-refractivity contribution in [3.8, 4) is 11.5 Å². The summed E-state index contributed by atoms with van der Waals surface area (Å²) in [7, 11) is 3.34. The van der Waals surface area contributed by atoms with Gasteiger partial charge >= 0.3 is 0 Å². The molecule has 0 radical (unpaired) electrons. The number of hydrogen-bond donors (Lipinski definition) is 4. The molecule has 4 N–H and O–H groups in total. The Labute approximate surface area is 181 Å². The average Bonchev–Trinajstić information content (AvgIpc) is 3.44. The van der Waals surface area contributed by atoms with Crippen molar-refractivity contribution in [3.63, 3.8) is 0 Å². The lowest BCUT2D eigenvalue weighted by Gasteiger charge is -2.26. The van der Waals surface area contributed by atoms with Crippen molar-refractivity contribution in [1.29, 1.82) is 0 Å². The zero-order chi connectivity index (χ0) is 21.4. The lowest BCUT2D eigenvalue weighted by molar-refractivity contribution is -0.125. The lowest BCUT2D eigenvalue weighted by atomic mass is 9.90. The molecule has 0 saturated carbocycles. The third kappa shape index (κ3) is 3.64. The summed E-state index contributed by atoms with van der Waals surface area (Å²) in [4.78, 5) is 16.8. The van der Waals surface area contributed by atoms with E-state index in [9.17, 15) is 4.79 Å². The van der Waals surface area contributed by atoms with Crippen molar-refractivity contribution < 1.29 is 14.3 Å². The molecule has 1 aromatic heterocycles. The SMILES string of the molecule is COc1ccc(C2NNCC2C(=O)NC2CCCc3c2[nH]c2ccc(OC)cc32)cc1. The Morgan fingerprint density at radius 3 is 2.61 bits per heavy atom. The van der Waals surface area contributed by atoms with Gasteiger partial charge in [0.05, 0.1) is 32.2 Å². The number of H-pyrrole nitrogens is 1. The lowest BCUT2D eigenvalue weighted by Crippen LogP contribution is -2.38. The van der Waals surface area contributed by atoms with Crippen molar-refractivity contribution in [2.24, 2.45) is 5.92 Å². The Balaban J connectivity index is 1.37. The van der Waals surface area contributed by atoms with Gasteiger partial charge in [0.25, 0.3) is 0 Å². The monoisotopic (exact) mass is 420 g/mol. The number of benzene rings is 2. The minimum atomic E-state index is -0.191. The highest BCUT2D eigenvalue weighted by molar-refractivity contribution is 5.87. The normalized spacial score (nSPS) is 22.8. The maximum Gasteiger partial charge on any atom is 0.226 e. The Morgan fingerprint density at radius 2 is 1.84 bits per heavy atom. The number of methoxy groups -OCH3 is 2. The van der Waals surface area contributed by atoms with Crippen LogP contribution in [-0.2, 0) is 11.2 Å². The number of fused-ring (bicyclic) bond motifs is 3. The Morgan fingerprint density at radius 1 is 1.06 bits per heavy atom. The minimum absolute atomic E-state index is 0.00763. The molecule has 0 bridgehead atoms. The average molecular weight is 421 g/mol. The fourth-order valence-electron chi connectivity index (χ4n) is 4.86. The number of ether oxygens (including phenoxy) is 2. The van der Waals surface area contributed by atoms with Crippen LogP contribution in [0.1, 0.15) is 41.7 Å². The second-order valence-corrected chi connectivity index (χ2v) is 8.26. The number of amides is 1. The fraction of sp³-hybridized carbons (Fsp3) is 0.375. The molecule has 162 valence electrons. The highest BCUT2D eigenvalue weighted by atomic mass is 16.5. The van der Waals surface area contributed by atoms with E-state index in [4.69, 9.17) is 9.47 Å². The van der Waals surface area contributed by atoms with Gasteiger partial charge in [0.1, 0.15) is 11.5 Å². The number of carbonyl (C=O) groups is 1. The summed E-state index contributed by atoms with van der Waals surface area (Å²) >= 11 is 0. The molecule has 1 aliphatic carbocycles. The van der Waals surface area contributed by atoms with Crippen LogP contribution in [0.5, 0.6) is 11.5 Å². The largest absolute Gasteiger partial charge is 0.497 e. The summed E-state index contributed by atoms with van der Waals surface area (Å²) in [6, 6.07) is 13.9. The van der Waals surface area contributed by atoms with Crippen molar-refractivity contribution in [2.75, 3.05) is 20.8 Å². The first-order valence-corrected chi connectivity index (χ1v) is 10.8. The van der Waals surface area contributed by atoms with Crippen molar-refractivity contribution in [3.05, 3.63) is 59.3 Å². The second-order valence-electron chi connectivity index (χ2n) is 8.26. The van der Waals surface area contributed by atoms with E-state index in [1.54, 1.807) is 14.2 Å². The van der Waals surface area contributed by atoms with E-state index in [1.807, 2.05) is 30.3 Å². The Bertz CT molecular complexity index is 1090. The smallest absolute Gasteiger partial charge is 0.226 e. The summed E-state index contributed by atoms with van der Waals surface area (Å²) in [5.41, 5.74) is 11.0. The predicted molar refractivity (Wildman–Crippen MR) is 119 cm³/mol. The van der Waals surface area contributed by atoms with Gasteiger partial charge in [-0.1, -0.05) is 12.1 Å². The minimum Gasteiger partial charge on any atom is -0.497 e. The van der Waals surface area contributed by atoms with Crippen molar-refractivity contribution >= 4 is 16.8 Å². The summed E-state index contributed by atoms with van der Waals surface area (Å²) in [6.07, 6.45) is 2.99. The van der Waals surface area contributed by atoms with Crippen LogP contribution in [0, 0.1) is 5.92 Å². The number of hydrazine groups is 1. The molecular weight excluding hydrogens is 392 g/mol. The Kier molecular flexibility index (Phi) is 5.29. The van der Waals surface area contributed by atoms with Crippen LogP contribution in [-0.4, -0.2) is 31.7 Å². The molecule has 2 heterocycles. The molecule has 31 heavy (non-hydrogen) atoms. The third-order valence-electron chi connectivity index (χ3n) is 6.52. The van der Waals surface area contributed by atoms with Crippen molar-refractivity contribution in [1.82, 2.24) is 21.2 Å². The summed E-state index contributed by atoms with van der Waals surface area (Å²) in [6.45, 7) is 0.589. The number of hydrogen-bond acceptors (Lipinski definition) is 5. The fourth-order valence-corrected chi connectivity index (χ4v) is 4.86. The van der Waals surface area contributed by atoms with Crippen LogP contribution in [0.2, 0.25) is 0 Å². The number of aromatic amines is 1. The first kappa shape index (κ1) is 19.9. The van der Waals surface area contributed by atoms with E-state index < -0.39 is 0 Å². The van der Waals surface area contributed by atoms with Crippen LogP contribution < -0.4 is 25.6 Å². The molecule has 7 nitrogen and oxygen atoms in total. The molecule has 1 amide bonds. The predicted octanol–water partition coefficient (Wildman–Crippen LogP) is 3.14. The van der Waals surface area contributed by atoms with Gasteiger partial charge in [-0.15, -0.1) is 0 Å². The zero-order valence-electron chi connectivity index (χ0n) is 17.8. The van der Waals surface area contributed by atoms with Crippen LogP contribution in [0.25, 0.3) is 10.9 Å². The van der Waals surface area contributed by atoms with Crippen LogP contribution in [0.3, 0.4) is 0 Å². The molecule has 2 aromatic carbocycles. The van der Waals surface area contributed by atoms with Gasteiger partial charge in [-0.25, -0.2) is 5.43 Å². The maximum atomic E-state index is 13.3. The molecule has 1 fully saturated rings. The number of rotatable bonds is 5. The van der Waals surface area contributed by atoms with E-state index in [-0.39, 0.29) is 23.9 Å². The van der Waals surface area contributed by atoms with E-state index in [2.05, 4.69) is 33.3 Å². The standard InChI is InChI=1S/C24H28N4O3/c1-30-15-8-6-14(7-9-15)22-19(13-25-28-22)24(29)27-21-5-3-4-17-18-12-16(31-2)10-11-20(18)26-23(17)21/h6-12,19,21-22,25-26,28H,3-5,13H2,1-2H3,(H,27,29). The molecule has 2 aliphatic rings. The summed E-state index contributed by atoms with van der Waals surface area (Å²) in [5, 5.41) is 4.51. The molecule has 3 aromatic rings. The van der Waals surface area contributed by atoms with Gasteiger partial charge in [0.15, 0.2) is 0 Å². The van der Waals surface area contributed by atoms with E-state index in [0.29, 0.717) is 6.54 Å². The third-order valence-corrected chi connectivity index (χ3v) is 6.52. The quantitative estimate of drug-likeness (QED) is 0.509. The molecule has 1 aliphatic heterocycles. The topological polar surface area (TPSA) is 87.4 Å².